The molecule has 0 atom stereocenters. The molecule has 5 nitrogen and oxygen atoms in total. The summed E-state index contributed by atoms with van der Waals surface area (Å²) in [7, 11) is 0. The molecule has 0 bridgehead atoms. The van der Waals surface area contributed by atoms with Crippen molar-refractivity contribution in [2.75, 3.05) is 0 Å². The summed E-state index contributed by atoms with van der Waals surface area (Å²) >= 11 is 0. The van der Waals surface area contributed by atoms with Crippen molar-refractivity contribution in [2.45, 2.75) is 27.7 Å². The molecule has 20 heavy (non-hydrogen) atoms. The molecule has 0 radical (unpaired) electrons. The molecule has 0 saturated heterocycles. The van der Waals surface area contributed by atoms with Crippen LogP contribution in [0, 0.1) is 0 Å². The van der Waals surface area contributed by atoms with Crippen molar-refractivity contribution in [1.82, 2.24) is 9.97 Å². The molecule has 0 aliphatic heterocycles. The highest BCUT2D eigenvalue weighted by molar-refractivity contribution is 5.79. The number of hydrogen-bond acceptors (Lipinski definition) is 5. The van der Waals surface area contributed by atoms with Crippen LogP contribution in [0.15, 0.2) is 36.7 Å². The Labute approximate surface area is 119 Å². The van der Waals surface area contributed by atoms with Crippen LogP contribution in [0.5, 0.6) is 17.5 Å². The molecule has 1 aromatic heterocycles. The van der Waals surface area contributed by atoms with E-state index in [2.05, 4.69) is 9.97 Å². The van der Waals surface area contributed by atoms with Gasteiger partial charge < -0.3 is 9.84 Å². The normalized spacial score (nSPS) is 8.40. The first-order valence-electron chi connectivity index (χ1n) is 6.52. The second-order valence-electron chi connectivity index (χ2n) is 2.97. The van der Waals surface area contributed by atoms with Crippen LogP contribution < -0.4 is 4.74 Å². The molecule has 0 fully saturated rings. The highest BCUT2D eigenvalue weighted by Crippen LogP contribution is 2.24. The summed E-state index contributed by atoms with van der Waals surface area (Å²) in [4.78, 5) is 18.2. The molecule has 0 amide bonds. The van der Waals surface area contributed by atoms with Crippen LogP contribution in [-0.4, -0.2) is 21.4 Å². The number of aldehydes is 1. The number of ether oxygens (including phenoxy) is 1. The van der Waals surface area contributed by atoms with Gasteiger partial charge in [-0.3, -0.25) is 4.79 Å². The number of nitrogens with zero attached hydrogens (tertiary/aromatic N) is 2. The van der Waals surface area contributed by atoms with E-state index in [0.717, 1.165) is 0 Å². The predicted octanol–water partition coefficient (Wildman–Crippen LogP) is 3.84. The van der Waals surface area contributed by atoms with E-state index in [-0.39, 0.29) is 17.3 Å². The fourth-order valence-corrected chi connectivity index (χ4v) is 1.13. The third kappa shape index (κ3) is 5.48. The summed E-state index contributed by atoms with van der Waals surface area (Å²) in [5.41, 5.74) is 0.210. The van der Waals surface area contributed by atoms with Gasteiger partial charge in [-0.1, -0.05) is 27.7 Å². The Kier molecular flexibility index (Phi) is 9.21. The minimum Gasteiger partial charge on any atom is -0.507 e. The summed E-state index contributed by atoms with van der Waals surface area (Å²) in [6.07, 6.45) is 3.65. The SMILES string of the molecule is CC.CC.O=Cc1ccc(Oc2ncccn2)cc1O. The van der Waals surface area contributed by atoms with Crippen LogP contribution in [-0.2, 0) is 0 Å². The lowest BCUT2D eigenvalue weighted by molar-refractivity contribution is 0.112. The third-order valence-corrected chi connectivity index (χ3v) is 1.88. The Morgan fingerprint density at radius 3 is 2.20 bits per heavy atom. The van der Waals surface area contributed by atoms with Crippen LogP contribution in [0.3, 0.4) is 0 Å². The van der Waals surface area contributed by atoms with Crippen LogP contribution in [0.1, 0.15) is 38.1 Å². The van der Waals surface area contributed by atoms with Gasteiger partial charge in [-0.05, 0) is 18.2 Å². The standard InChI is InChI=1S/C11H8N2O3.2C2H6/c14-7-8-2-3-9(6-10(8)15)16-11-12-4-1-5-13-11;2*1-2/h1-7,15H;2*1-2H3. The molecular weight excluding hydrogens is 256 g/mol. The zero-order valence-corrected chi connectivity index (χ0v) is 12.2. The molecule has 1 heterocycles. The van der Waals surface area contributed by atoms with E-state index in [0.29, 0.717) is 12.0 Å². The second kappa shape index (κ2) is 10.5. The van der Waals surface area contributed by atoms with Crippen molar-refractivity contribution in [3.8, 4) is 17.5 Å². The average molecular weight is 276 g/mol. The smallest absolute Gasteiger partial charge is 0.321 e. The average Bonchev–Trinajstić information content (AvgIpc) is 2.52. The van der Waals surface area contributed by atoms with Gasteiger partial charge in [0, 0.05) is 18.5 Å². The second-order valence-corrected chi connectivity index (χ2v) is 2.97. The molecule has 1 N–H and O–H groups in total. The first kappa shape index (κ1) is 17.6. The number of hydrogen-bond donors (Lipinski definition) is 1. The van der Waals surface area contributed by atoms with Gasteiger partial charge in [-0.15, -0.1) is 0 Å². The Balaban J connectivity index is 0.000000829. The van der Waals surface area contributed by atoms with Gasteiger partial charge >= 0.3 is 6.01 Å². The topological polar surface area (TPSA) is 72.3 Å². The Morgan fingerprint density at radius 1 is 1.10 bits per heavy atom. The molecule has 5 heteroatoms. The van der Waals surface area contributed by atoms with Crippen molar-refractivity contribution in [3.63, 3.8) is 0 Å². The molecule has 0 unspecified atom stereocenters. The lowest BCUT2D eigenvalue weighted by Gasteiger charge is -2.04. The minimum atomic E-state index is -0.136. The van der Waals surface area contributed by atoms with Crippen molar-refractivity contribution in [2.24, 2.45) is 0 Å². The van der Waals surface area contributed by atoms with Gasteiger partial charge in [0.2, 0.25) is 0 Å². The van der Waals surface area contributed by atoms with Crippen molar-refractivity contribution in [1.29, 1.82) is 0 Å². The molecule has 108 valence electrons. The lowest BCUT2D eigenvalue weighted by Crippen LogP contribution is -1.90. The number of aromatic nitrogens is 2. The van der Waals surface area contributed by atoms with Crippen molar-refractivity contribution in [3.05, 3.63) is 42.2 Å². The van der Waals surface area contributed by atoms with Gasteiger partial charge in [0.25, 0.3) is 0 Å². The minimum absolute atomic E-state index is 0.136. The maximum Gasteiger partial charge on any atom is 0.321 e. The zero-order chi connectivity index (χ0) is 15.4. The van der Waals surface area contributed by atoms with E-state index in [1.807, 2.05) is 27.7 Å². The van der Waals surface area contributed by atoms with Crippen molar-refractivity contribution < 1.29 is 14.6 Å². The Morgan fingerprint density at radius 2 is 1.70 bits per heavy atom. The summed E-state index contributed by atoms with van der Waals surface area (Å²) in [5, 5.41) is 9.42. The lowest BCUT2D eigenvalue weighted by atomic mass is 10.2. The van der Waals surface area contributed by atoms with E-state index in [9.17, 15) is 9.90 Å². The maximum absolute atomic E-state index is 10.5. The molecular formula is C15H20N2O3. The fourth-order valence-electron chi connectivity index (χ4n) is 1.13. The van der Waals surface area contributed by atoms with E-state index < -0.39 is 0 Å². The molecule has 1 aromatic carbocycles. The first-order chi connectivity index (χ1) is 9.79. The van der Waals surface area contributed by atoms with E-state index in [1.165, 1.54) is 12.1 Å². The summed E-state index contributed by atoms with van der Waals surface area (Å²) in [6, 6.07) is 6.20. The van der Waals surface area contributed by atoms with E-state index in [4.69, 9.17) is 4.74 Å². The van der Waals surface area contributed by atoms with Gasteiger partial charge in [0.1, 0.15) is 11.5 Å². The van der Waals surface area contributed by atoms with Gasteiger partial charge in [-0.2, -0.15) is 0 Å². The fraction of sp³-hybridized carbons (Fsp3) is 0.267. The zero-order valence-electron chi connectivity index (χ0n) is 12.2. The monoisotopic (exact) mass is 276 g/mol. The van der Waals surface area contributed by atoms with E-state index >= 15 is 0 Å². The van der Waals surface area contributed by atoms with Crippen LogP contribution >= 0.6 is 0 Å². The van der Waals surface area contributed by atoms with Gasteiger partial charge in [0.05, 0.1) is 5.56 Å². The number of aromatic hydroxyl groups is 1. The summed E-state index contributed by atoms with van der Waals surface area (Å²) in [6.45, 7) is 8.00. The van der Waals surface area contributed by atoms with Crippen LogP contribution in [0.25, 0.3) is 0 Å². The highest BCUT2D eigenvalue weighted by atomic mass is 16.5. The number of carbonyl (C=O) groups excluding carboxylic acids is 1. The Hall–Kier alpha value is -2.43. The molecule has 0 aliphatic rings. The number of benzene rings is 1. The first-order valence-corrected chi connectivity index (χ1v) is 6.52. The third-order valence-electron chi connectivity index (χ3n) is 1.88. The largest absolute Gasteiger partial charge is 0.507 e. The number of carbonyl (C=O) groups is 1. The molecule has 0 saturated carbocycles. The molecule has 0 spiro atoms. The van der Waals surface area contributed by atoms with Crippen LogP contribution in [0.2, 0.25) is 0 Å². The molecule has 2 aromatic rings. The van der Waals surface area contributed by atoms with Crippen molar-refractivity contribution >= 4 is 6.29 Å². The van der Waals surface area contributed by atoms with Crippen LogP contribution in [0.4, 0.5) is 0 Å². The number of phenols is 1. The van der Waals surface area contributed by atoms with Gasteiger partial charge in [0.15, 0.2) is 6.29 Å². The van der Waals surface area contributed by atoms with E-state index in [1.54, 1.807) is 24.5 Å². The quantitative estimate of drug-likeness (QED) is 0.862. The van der Waals surface area contributed by atoms with Gasteiger partial charge in [-0.25, -0.2) is 9.97 Å². The molecule has 2 rings (SSSR count). The molecule has 0 aliphatic carbocycles. The summed E-state index contributed by atoms with van der Waals surface area (Å²) < 4.78 is 5.26. The summed E-state index contributed by atoms with van der Waals surface area (Å²) in [5.74, 6) is 0.234. The predicted molar refractivity (Wildman–Crippen MR) is 78.3 cm³/mol. The highest BCUT2D eigenvalue weighted by Gasteiger charge is 2.04. The Bertz CT molecular complexity index is 502. The number of rotatable bonds is 3. The maximum atomic E-state index is 10.5. The number of phenolic OH excluding ortho intramolecular Hbond substituents is 1.